The average molecular weight is 358 g/mol. The Morgan fingerprint density at radius 1 is 1.23 bits per heavy atom. The molecule has 2 amide bonds. The molecule has 0 bridgehead atoms. The molecule has 142 valence electrons. The third-order valence-electron chi connectivity index (χ3n) is 5.31. The van der Waals surface area contributed by atoms with Crippen LogP contribution in [-0.2, 0) is 16.1 Å². The van der Waals surface area contributed by atoms with Crippen molar-refractivity contribution in [2.45, 2.75) is 45.7 Å². The number of pyridine rings is 1. The standard InChI is InChI=1S/C20H30N4O2/c1-20(2,3)24-15-17(12-18(24)25)19(26)23-9-5-8-22(10-11-23)14-16-6-4-7-21-13-16/h4,6-7,13,17H,5,8-12,14-15H2,1-3H3/t17-/m1/s1. The van der Waals surface area contributed by atoms with Gasteiger partial charge in [0, 0.05) is 63.6 Å². The predicted octanol–water partition coefficient (Wildman–Crippen LogP) is 1.76. The van der Waals surface area contributed by atoms with E-state index in [9.17, 15) is 9.59 Å². The van der Waals surface area contributed by atoms with Gasteiger partial charge in [-0.2, -0.15) is 0 Å². The third-order valence-corrected chi connectivity index (χ3v) is 5.31. The number of carbonyl (C=O) groups excluding carboxylic acids is 2. The van der Waals surface area contributed by atoms with Crippen LogP contribution >= 0.6 is 0 Å². The molecule has 0 radical (unpaired) electrons. The van der Waals surface area contributed by atoms with Crippen LogP contribution in [0.15, 0.2) is 24.5 Å². The summed E-state index contributed by atoms with van der Waals surface area (Å²) < 4.78 is 0. The van der Waals surface area contributed by atoms with Crippen LogP contribution in [0.25, 0.3) is 0 Å². The smallest absolute Gasteiger partial charge is 0.228 e. The summed E-state index contributed by atoms with van der Waals surface area (Å²) in [7, 11) is 0. The van der Waals surface area contributed by atoms with Crippen LogP contribution in [0, 0.1) is 5.92 Å². The van der Waals surface area contributed by atoms with Crippen molar-refractivity contribution in [1.29, 1.82) is 0 Å². The molecular weight excluding hydrogens is 328 g/mol. The molecular formula is C20H30N4O2. The minimum absolute atomic E-state index is 0.101. The minimum atomic E-state index is -0.217. The number of hydrogen-bond acceptors (Lipinski definition) is 4. The first kappa shape index (κ1) is 18.8. The monoisotopic (exact) mass is 358 g/mol. The van der Waals surface area contributed by atoms with Crippen LogP contribution in [-0.4, -0.2) is 69.8 Å². The quantitative estimate of drug-likeness (QED) is 0.826. The molecule has 0 aromatic carbocycles. The maximum absolute atomic E-state index is 13.0. The van der Waals surface area contributed by atoms with Crippen molar-refractivity contribution < 1.29 is 9.59 Å². The molecule has 0 aliphatic carbocycles. The Labute approximate surface area is 156 Å². The van der Waals surface area contributed by atoms with Gasteiger partial charge >= 0.3 is 0 Å². The summed E-state index contributed by atoms with van der Waals surface area (Å²) in [5, 5.41) is 0. The second kappa shape index (κ2) is 7.74. The number of likely N-dealkylation sites (tertiary alicyclic amines) is 1. The van der Waals surface area contributed by atoms with E-state index in [-0.39, 0.29) is 23.3 Å². The van der Waals surface area contributed by atoms with E-state index < -0.39 is 0 Å². The second-order valence-corrected chi connectivity index (χ2v) is 8.39. The van der Waals surface area contributed by atoms with Crippen LogP contribution in [0.2, 0.25) is 0 Å². The van der Waals surface area contributed by atoms with Crippen molar-refractivity contribution in [1.82, 2.24) is 19.7 Å². The molecule has 1 aromatic heterocycles. The molecule has 1 atom stereocenters. The molecule has 3 heterocycles. The first-order valence-electron chi connectivity index (χ1n) is 9.55. The van der Waals surface area contributed by atoms with E-state index in [1.54, 1.807) is 6.20 Å². The lowest BCUT2D eigenvalue weighted by molar-refractivity contribution is -0.135. The number of aromatic nitrogens is 1. The van der Waals surface area contributed by atoms with E-state index in [1.165, 1.54) is 5.56 Å². The van der Waals surface area contributed by atoms with Gasteiger partial charge in [-0.15, -0.1) is 0 Å². The van der Waals surface area contributed by atoms with Crippen LogP contribution < -0.4 is 0 Å². The summed E-state index contributed by atoms with van der Waals surface area (Å²) >= 11 is 0. The van der Waals surface area contributed by atoms with E-state index in [2.05, 4.69) is 16.0 Å². The molecule has 6 heteroatoms. The number of carbonyl (C=O) groups is 2. The minimum Gasteiger partial charge on any atom is -0.341 e. The number of rotatable bonds is 3. The fourth-order valence-electron chi connectivity index (χ4n) is 3.88. The number of hydrogen-bond donors (Lipinski definition) is 0. The Morgan fingerprint density at radius 2 is 2.04 bits per heavy atom. The molecule has 2 aliphatic heterocycles. The van der Waals surface area contributed by atoms with E-state index in [4.69, 9.17) is 0 Å². The predicted molar refractivity (Wildman–Crippen MR) is 100 cm³/mol. The van der Waals surface area contributed by atoms with Gasteiger partial charge in [0.05, 0.1) is 5.92 Å². The molecule has 0 spiro atoms. The molecule has 3 rings (SSSR count). The van der Waals surface area contributed by atoms with Crippen molar-refractivity contribution in [2.75, 3.05) is 32.7 Å². The molecule has 2 saturated heterocycles. The fourth-order valence-corrected chi connectivity index (χ4v) is 3.88. The van der Waals surface area contributed by atoms with Gasteiger partial charge in [0.1, 0.15) is 0 Å². The highest BCUT2D eigenvalue weighted by Gasteiger charge is 2.40. The van der Waals surface area contributed by atoms with Crippen molar-refractivity contribution >= 4 is 11.8 Å². The number of nitrogens with zero attached hydrogens (tertiary/aromatic N) is 4. The topological polar surface area (TPSA) is 56.8 Å². The Kier molecular flexibility index (Phi) is 5.61. The zero-order valence-electron chi connectivity index (χ0n) is 16.1. The van der Waals surface area contributed by atoms with Gasteiger partial charge in [-0.25, -0.2) is 0 Å². The van der Waals surface area contributed by atoms with Crippen LogP contribution in [0.5, 0.6) is 0 Å². The summed E-state index contributed by atoms with van der Waals surface area (Å²) in [4.78, 5) is 35.6. The summed E-state index contributed by atoms with van der Waals surface area (Å²) in [6.45, 7) is 10.9. The lowest BCUT2D eigenvalue weighted by Gasteiger charge is -2.32. The van der Waals surface area contributed by atoms with Gasteiger partial charge in [-0.05, 0) is 38.8 Å². The van der Waals surface area contributed by atoms with Gasteiger partial charge < -0.3 is 9.80 Å². The van der Waals surface area contributed by atoms with Crippen LogP contribution in [0.1, 0.15) is 39.2 Å². The Morgan fingerprint density at radius 3 is 2.69 bits per heavy atom. The highest BCUT2D eigenvalue weighted by Crippen LogP contribution is 2.27. The van der Waals surface area contributed by atoms with Crippen LogP contribution in [0.3, 0.4) is 0 Å². The maximum atomic E-state index is 13.0. The highest BCUT2D eigenvalue weighted by molar-refractivity contribution is 5.89. The van der Waals surface area contributed by atoms with E-state index in [1.807, 2.05) is 42.8 Å². The van der Waals surface area contributed by atoms with Gasteiger partial charge in [0.25, 0.3) is 0 Å². The molecule has 2 aliphatic rings. The Bertz CT molecular complexity index is 641. The molecule has 0 unspecified atom stereocenters. The molecule has 2 fully saturated rings. The van der Waals surface area contributed by atoms with Gasteiger partial charge in [0.15, 0.2) is 0 Å². The molecule has 6 nitrogen and oxygen atoms in total. The molecule has 1 aromatic rings. The van der Waals surface area contributed by atoms with Crippen LogP contribution in [0.4, 0.5) is 0 Å². The highest BCUT2D eigenvalue weighted by atomic mass is 16.2. The van der Waals surface area contributed by atoms with Crippen molar-refractivity contribution in [3.63, 3.8) is 0 Å². The first-order valence-corrected chi connectivity index (χ1v) is 9.55. The average Bonchev–Trinajstić information content (AvgIpc) is 2.85. The normalized spacial score (nSPS) is 22.6. The van der Waals surface area contributed by atoms with Gasteiger partial charge in [-0.3, -0.25) is 19.5 Å². The van der Waals surface area contributed by atoms with Gasteiger partial charge in [0.2, 0.25) is 11.8 Å². The lowest BCUT2D eigenvalue weighted by Crippen LogP contribution is -2.44. The Hall–Kier alpha value is -1.95. The van der Waals surface area contributed by atoms with Crippen molar-refractivity contribution in [3.05, 3.63) is 30.1 Å². The third kappa shape index (κ3) is 4.41. The van der Waals surface area contributed by atoms with E-state index >= 15 is 0 Å². The van der Waals surface area contributed by atoms with E-state index in [0.29, 0.717) is 13.0 Å². The first-order chi connectivity index (χ1) is 12.3. The maximum Gasteiger partial charge on any atom is 0.228 e. The lowest BCUT2D eigenvalue weighted by atomic mass is 10.1. The second-order valence-electron chi connectivity index (χ2n) is 8.39. The van der Waals surface area contributed by atoms with E-state index in [0.717, 1.165) is 39.1 Å². The summed E-state index contributed by atoms with van der Waals surface area (Å²) in [6.07, 6.45) is 5.01. The number of amides is 2. The zero-order valence-corrected chi connectivity index (χ0v) is 16.1. The fraction of sp³-hybridized carbons (Fsp3) is 0.650. The Balaban J connectivity index is 1.56. The molecule has 0 N–H and O–H groups in total. The van der Waals surface area contributed by atoms with Crippen molar-refractivity contribution in [2.24, 2.45) is 5.92 Å². The largest absolute Gasteiger partial charge is 0.341 e. The van der Waals surface area contributed by atoms with Crippen molar-refractivity contribution in [3.8, 4) is 0 Å². The molecule has 26 heavy (non-hydrogen) atoms. The zero-order chi connectivity index (χ0) is 18.7. The summed E-state index contributed by atoms with van der Waals surface area (Å²) in [5.74, 6) is 0.0591. The SMILES string of the molecule is CC(C)(C)N1C[C@H](C(=O)N2CCCN(Cc3cccnc3)CC2)CC1=O. The molecule has 0 saturated carbocycles. The van der Waals surface area contributed by atoms with Gasteiger partial charge in [-0.1, -0.05) is 6.07 Å². The summed E-state index contributed by atoms with van der Waals surface area (Å²) in [6, 6.07) is 4.05. The summed E-state index contributed by atoms with van der Waals surface area (Å²) in [5.41, 5.74) is 0.986.